The Balaban J connectivity index is 0.000000140. The first-order valence-corrected chi connectivity index (χ1v) is 50.8. The third-order valence-electron chi connectivity index (χ3n) is 25.9. The van der Waals surface area contributed by atoms with Gasteiger partial charge in [0.05, 0.1) is 72.6 Å². The number of hydrogen-bond acceptors (Lipinski definition) is 22. The summed E-state index contributed by atoms with van der Waals surface area (Å²) in [5.41, 5.74) is 11.1. The van der Waals surface area contributed by atoms with Gasteiger partial charge in [0.2, 0.25) is 30.1 Å². The van der Waals surface area contributed by atoms with Gasteiger partial charge >= 0.3 is 17.1 Å². The number of nitrogens with one attached hydrogen (secondary N) is 3. The summed E-state index contributed by atoms with van der Waals surface area (Å²) in [5, 5.41) is 24.2. The van der Waals surface area contributed by atoms with E-state index in [-0.39, 0.29) is 87.9 Å². The maximum Gasteiger partial charge on any atom is 0.329 e. The van der Waals surface area contributed by atoms with Crippen LogP contribution in [0.5, 0.6) is 11.5 Å². The molecule has 13 heterocycles. The minimum atomic E-state index is -3.86. The van der Waals surface area contributed by atoms with Crippen LogP contribution >= 0.6 is 11.3 Å². The lowest BCUT2D eigenvalue weighted by Crippen LogP contribution is -2.47. The first kappa shape index (κ1) is 92.8. The first-order valence-electron chi connectivity index (χ1n) is 45.6. The van der Waals surface area contributed by atoms with Crippen molar-refractivity contribution in [2.24, 2.45) is 27.1 Å². The van der Waals surface area contributed by atoms with Crippen molar-refractivity contribution in [2.75, 3.05) is 124 Å². The second kappa shape index (κ2) is 40.8. The molecule has 6 aliphatic heterocycles. The number of ether oxygens (including phenoxy) is 1. The molecule has 702 valence electrons. The number of piperidine rings is 3. The molecule has 3 amide bonds. The predicted molar refractivity (Wildman–Crippen MR) is 504 cm³/mol. The highest BCUT2D eigenvalue weighted by molar-refractivity contribution is 7.89. The third-order valence-corrected chi connectivity index (χ3v) is 32.1. The molecule has 3 unspecified atom stereocenters. The van der Waals surface area contributed by atoms with E-state index in [9.17, 15) is 54.0 Å². The van der Waals surface area contributed by atoms with Crippen LogP contribution in [0.4, 0.5) is 5.13 Å². The Hall–Kier alpha value is -12.0. The fraction of sp³-hybridized carbons (Fsp3) is 0.419. The second-order valence-corrected chi connectivity index (χ2v) is 41.5. The van der Waals surface area contributed by atoms with Crippen LogP contribution in [0.2, 0.25) is 0 Å². The number of carbonyl (C=O) groups excluding carboxylic acids is 3. The molecular formula is C93H113N23O13S4. The normalized spacial score (nSPS) is 18.8. The van der Waals surface area contributed by atoms with Crippen molar-refractivity contribution < 1.29 is 44.4 Å². The van der Waals surface area contributed by atoms with E-state index in [0.29, 0.717) is 211 Å². The Morgan fingerprint density at radius 3 is 1.14 bits per heavy atom. The number of nitrogens with two attached hydrogens (primary N) is 1. The van der Waals surface area contributed by atoms with Gasteiger partial charge in [0.15, 0.2) is 5.13 Å². The maximum atomic E-state index is 14.8. The Kier molecular flexibility index (Phi) is 28.5. The van der Waals surface area contributed by atoms with Crippen molar-refractivity contribution in [2.45, 2.75) is 123 Å². The average molecular weight is 1890 g/mol. The number of aryl methyl sites for hydroxylation is 3. The zero-order valence-electron chi connectivity index (χ0n) is 74.8. The molecule has 36 nitrogen and oxygen atoms in total. The molecule has 0 radical (unpaired) electrons. The molecule has 1 saturated carbocycles. The molecule has 0 bridgehead atoms. The highest BCUT2D eigenvalue weighted by Crippen LogP contribution is 2.39. The van der Waals surface area contributed by atoms with Crippen molar-refractivity contribution in [1.29, 1.82) is 0 Å². The predicted octanol–water partition coefficient (Wildman–Crippen LogP) is 7.87. The standard InChI is InChI=1S/C36H39N7O5S.C30H41N7O4S.C27H33N9O4S2/c1-39-26-32(23-38-39)49(46,47)41-19-9-13-29(25-41)43-33(28-11-4-2-5-12-28)34(35(44)40-20-17-37-18-21-40)42(36(43)45)24-27-10-8-16-31(22-27)48-30-14-6-3-7-15-30;1-33-22-26(19-32-33)42(40,41)35-16-8-13-25(21-35)37-27(24-11-6-3-7-12-24)28(29(38)34-17-14-31-15-18-34)36(30(37)39)20-23-9-4-2-5-10-23;1-32-17-22(14-30-32)42(39,40)34-11-5-8-21(16-34)36-23(19-6-3-2-4-7-19)24(25(37)33-12-9-29-10-13-33)35(27(36)38)15-20-18-41-26(28)31-20/h2-8,10-12,14-16,22-23,26,29,37H,9,13,17-21,24-25H2,1H3;3,6-7,11-12,19,22-23,25,31H,2,4-5,8-10,13-18,20-21H2,1H3;2-4,6-7,14,17-18,21,29H,5,8-13,15-16H2,1H3,(H2,28,31). The van der Waals surface area contributed by atoms with Crippen LogP contribution < -0.4 is 43.5 Å². The summed E-state index contributed by atoms with van der Waals surface area (Å²) in [5.74, 6) is 1.02. The third kappa shape index (κ3) is 20.1. The number of sulfonamides is 3. The maximum absolute atomic E-state index is 14.8. The molecule has 40 heteroatoms. The minimum Gasteiger partial charge on any atom is -0.457 e. The highest BCUT2D eigenvalue weighted by atomic mass is 32.2. The molecule has 19 rings (SSSR count). The largest absolute Gasteiger partial charge is 0.457 e. The van der Waals surface area contributed by atoms with Gasteiger partial charge in [-0.2, -0.15) is 28.2 Å². The van der Waals surface area contributed by atoms with Crippen molar-refractivity contribution in [3.05, 3.63) is 248 Å². The van der Waals surface area contributed by atoms with E-state index >= 15 is 0 Å². The number of nitrogens with zero attached hydrogens (tertiary/aromatic N) is 19. The van der Waals surface area contributed by atoms with Gasteiger partial charge in [-0.25, -0.2) is 44.6 Å². The number of imidazole rings is 3. The van der Waals surface area contributed by atoms with Gasteiger partial charge in [0.1, 0.15) is 43.3 Å². The molecule has 1 aliphatic carbocycles. The molecule has 0 spiro atoms. The summed E-state index contributed by atoms with van der Waals surface area (Å²) in [6.07, 6.45) is 17.6. The molecule has 7 aliphatic rings. The zero-order chi connectivity index (χ0) is 92.7. The van der Waals surface area contributed by atoms with Gasteiger partial charge in [0.25, 0.3) is 17.7 Å². The van der Waals surface area contributed by atoms with Crippen LogP contribution in [0.1, 0.15) is 131 Å². The molecule has 7 aromatic heterocycles. The zero-order valence-corrected chi connectivity index (χ0v) is 78.1. The second-order valence-electron chi connectivity index (χ2n) is 34.8. The molecule has 5 aromatic carbocycles. The Labute approximate surface area is 775 Å². The molecule has 12 aromatic rings. The van der Waals surface area contributed by atoms with E-state index in [1.54, 1.807) is 59.2 Å². The lowest BCUT2D eigenvalue weighted by molar-refractivity contribution is 0.0717. The number of nitrogen functional groups attached to an aromatic ring is 1. The quantitative estimate of drug-likeness (QED) is 0.0473. The van der Waals surface area contributed by atoms with E-state index in [2.05, 4.69) is 36.2 Å². The first-order chi connectivity index (χ1) is 64.4. The molecule has 3 atom stereocenters. The number of benzene rings is 5. The lowest BCUT2D eigenvalue weighted by atomic mass is 9.89. The summed E-state index contributed by atoms with van der Waals surface area (Å²) in [7, 11) is -6.44. The van der Waals surface area contributed by atoms with Gasteiger partial charge < -0.3 is 41.1 Å². The van der Waals surface area contributed by atoms with Gasteiger partial charge in [0, 0.05) is 186 Å². The summed E-state index contributed by atoms with van der Waals surface area (Å²) in [6, 6.07) is 44.0. The molecule has 6 saturated heterocycles. The van der Waals surface area contributed by atoms with Crippen LogP contribution in [0, 0.1) is 5.92 Å². The van der Waals surface area contributed by atoms with Crippen molar-refractivity contribution in [3.8, 4) is 45.3 Å². The van der Waals surface area contributed by atoms with Crippen molar-refractivity contribution >= 4 is 64.3 Å². The Morgan fingerprint density at radius 2 is 0.774 bits per heavy atom. The van der Waals surface area contributed by atoms with Gasteiger partial charge in [-0.1, -0.05) is 141 Å². The van der Waals surface area contributed by atoms with E-state index < -0.39 is 48.2 Å². The van der Waals surface area contributed by atoms with Crippen LogP contribution in [-0.4, -0.2) is 250 Å². The van der Waals surface area contributed by atoms with E-state index in [1.807, 2.05) is 150 Å². The number of piperazine rings is 3. The number of thiazole rings is 1. The number of carbonyl (C=O) groups is 3. The number of hydrogen-bond donors (Lipinski definition) is 4. The fourth-order valence-corrected chi connectivity index (χ4v) is 24.3. The minimum absolute atomic E-state index is 0.0664. The van der Waals surface area contributed by atoms with Crippen LogP contribution in [0.15, 0.2) is 217 Å². The van der Waals surface area contributed by atoms with Crippen LogP contribution in [0.25, 0.3) is 33.8 Å². The van der Waals surface area contributed by atoms with Crippen LogP contribution in [0.3, 0.4) is 0 Å². The molecule has 7 fully saturated rings. The van der Waals surface area contributed by atoms with Gasteiger partial charge in [-0.05, 0) is 87.1 Å². The summed E-state index contributed by atoms with van der Waals surface area (Å²) < 4.78 is 106. The molecule has 5 N–H and O–H groups in total. The summed E-state index contributed by atoms with van der Waals surface area (Å²) >= 11 is 1.27. The smallest absolute Gasteiger partial charge is 0.329 e. The number of para-hydroxylation sites is 1. The fourth-order valence-electron chi connectivity index (χ4n) is 19.3. The highest BCUT2D eigenvalue weighted by Gasteiger charge is 2.43. The van der Waals surface area contributed by atoms with E-state index in [1.165, 1.54) is 86.5 Å². The number of rotatable bonds is 23. The number of anilines is 1. The van der Waals surface area contributed by atoms with Crippen molar-refractivity contribution in [3.63, 3.8) is 0 Å². The SMILES string of the molecule is Cn1cc(S(=O)(=O)N2CCCC(n3c(-c4ccccc4)c(C(=O)N4CCNCC4)n(CC4CCCCC4)c3=O)C2)cn1.Cn1cc(S(=O)(=O)N2CCCC(n3c(-c4ccccc4)c(C(=O)N4CCNCC4)n(Cc4cccc(Oc5ccccc5)c4)c3=O)C2)cn1.Cn1cc(S(=O)(=O)N2CCCC(n3c(-c4ccccc4)c(C(=O)N4CCNCC4)n(Cc4csc(N)n4)c3=O)C2)cn1. The monoisotopic (exact) mass is 1890 g/mol. The Morgan fingerprint density at radius 1 is 0.421 bits per heavy atom. The lowest BCUT2D eigenvalue weighted by Gasteiger charge is -2.33. The van der Waals surface area contributed by atoms with Crippen LogP contribution in [-0.2, 0) is 70.8 Å². The number of aromatic nitrogens is 13. The van der Waals surface area contributed by atoms with E-state index in [4.69, 9.17) is 10.5 Å². The van der Waals surface area contributed by atoms with Gasteiger partial charge in [-0.3, -0.25) is 55.8 Å². The van der Waals surface area contributed by atoms with E-state index in [0.717, 1.165) is 36.8 Å². The molecular weight excluding hydrogens is 1780 g/mol. The summed E-state index contributed by atoms with van der Waals surface area (Å²) in [6.45, 7) is 9.29. The average Bonchev–Trinajstić information content (AvgIpc) is 1.58. The van der Waals surface area contributed by atoms with Gasteiger partial charge in [-0.15, -0.1) is 11.3 Å². The van der Waals surface area contributed by atoms with Crippen molar-refractivity contribution in [1.82, 2.24) is 105 Å². The molecule has 133 heavy (non-hydrogen) atoms. The number of amides is 3. The Bertz CT molecular complexity index is 6680. The summed E-state index contributed by atoms with van der Waals surface area (Å²) in [4.78, 5) is 97.0. The topological polar surface area (TPSA) is 392 Å².